The molecule has 3 aromatic carbocycles. The number of ether oxygens (including phenoxy) is 2. The van der Waals surface area contributed by atoms with E-state index < -0.39 is 18.5 Å². The van der Waals surface area contributed by atoms with Crippen molar-refractivity contribution in [2.75, 3.05) is 11.9 Å². The fourth-order valence-corrected chi connectivity index (χ4v) is 3.00. The topological polar surface area (TPSA) is 64.6 Å². The molecule has 1 amide bonds. The molecular formula is C25H21Cl2NO4. The van der Waals surface area contributed by atoms with E-state index in [0.29, 0.717) is 28.1 Å². The second-order valence-corrected chi connectivity index (χ2v) is 7.73. The first kappa shape index (κ1) is 23.4. The number of carbonyl (C=O) groups excluding carboxylic acids is 2. The van der Waals surface area contributed by atoms with E-state index in [4.69, 9.17) is 32.7 Å². The summed E-state index contributed by atoms with van der Waals surface area (Å²) in [4.78, 5) is 23.9. The lowest BCUT2D eigenvalue weighted by Gasteiger charge is -2.09. The molecule has 0 fully saturated rings. The molecule has 0 saturated heterocycles. The van der Waals surface area contributed by atoms with Crippen LogP contribution < -0.4 is 10.1 Å². The van der Waals surface area contributed by atoms with Crippen molar-refractivity contribution in [2.24, 2.45) is 0 Å². The van der Waals surface area contributed by atoms with Gasteiger partial charge >= 0.3 is 5.97 Å². The monoisotopic (exact) mass is 469 g/mol. The molecule has 1 N–H and O–H groups in total. The summed E-state index contributed by atoms with van der Waals surface area (Å²) in [5.41, 5.74) is 3.12. The van der Waals surface area contributed by atoms with Crippen molar-refractivity contribution in [3.63, 3.8) is 0 Å². The van der Waals surface area contributed by atoms with Crippen LogP contribution in [0.25, 0.3) is 6.08 Å². The van der Waals surface area contributed by atoms with Gasteiger partial charge in [-0.15, -0.1) is 0 Å². The van der Waals surface area contributed by atoms with Gasteiger partial charge < -0.3 is 14.8 Å². The highest BCUT2D eigenvalue weighted by Crippen LogP contribution is 2.22. The van der Waals surface area contributed by atoms with Crippen LogP contribution in [0.4, 0.5) is 5.69 Å². The van der Waals surface area contributed by atoms with Gasteiger partial charge in [-0.2, -0.15) is 0 Å². The van der Waals surface area contributed by atoms with E-state index in [1.165, 1.54) is 6.08 Å². The molecule has 0 aliphatic heterocycles. The molecule has 32 heavy (non-hydrogen) atoms. The highest BCUT2D eigenvalue weighted by Gasteiger charge is 2.08. The second kappa shape index (κ2) is 11.4. The number of esters is 1. The van der Waals surface area contributed by atoms with E-state index in [-0.39, 0.29) is 0 Å². The number of nitrogens with one attached hydrogen (secondary N) is 1. The Balaban J connectivity index is 1.44. The van der Waals surface area contributed by atoms with E-state index in [0.717, 1.165) is 16.7 Å². The van der Waals surface area contributed by atoms with E-state index in [1.54, 1.807) is 31.2 Å². The van der Waals surface area contributed by atoms with Gasteiger partial charge in [-0.1, -0.05) is 53.5 Å². The van der Waals surface area contributed by atoms with E-state index >= 15 is 0 Å². The van der Waals surface area contributed by atoms with Gasteiger partial charge in [0.1, 0.15) is 12.4 Å². The largest absolute Gasteiger partial charge is 0.489 e. The summed E-state index contributed by atoms with van der Waals surface area (Å²) in [6, 6.07) is 19.9. The van der Waals surface area contributed by atoms with Crippen molar-refractivity contribution in [1.29, 1.82) is 0 Å². The normalized spacial score (nSPS) is 10.7. The molecule has 0 aliphatic carbocycles. The zero-order chi connectivity index (χ0) is 22.9. The molecule has 0 heterocycles. The van der Waals surface area contributed by atoms with E-state index in [1.807, 2.05) is 48.5 Å². The van der Waals surface area contributed by atoms with Gasteiger partial charge in [0.25, 0.3) is 5.91 Å². The first-order valence-electron chi connectivity index (χ1n) is 9.78. The third-order valence-electron chi connectivity index (χ3n) is 4.50. The van der Waals surface area contributed by atoms with Crippen LogP contribution in [0.15, 0.2) is 72.8 Å². The number of rotatable bonds is 8. The Bertz CT molecular complexity index is 1110. The van der Waals surface area contributed by atoms with Crippen molar-refractivity contribution >= 4 is 46.8 Å². The quantitative estimate of drug-likeness (QED) is 0.320. The van der Waals surface area contributed by atoms with Gasteiger partial charge in [0.2, 0.25) is 0 Å². The van der Waals surface area contributed by atoms with Crippen molar-refractivity contribution in [3.8, 4) is 5.75 Å². The summed E-state index contributed by atoms with van der Waals surface area (Å²) >= 11 is 11.9. The minimum atomic E-state index is -0.619. The first-order chi connectivity index (χ1) is 15.4. The molecule has 164 valence electrons. The Labute approximate surface area is 196 Å². The molecule has 7 heteroatoms. The number of anilines is 1. The molecule has 0 saturated carbocycles. The van der Waals surface area contributed by atoms with Crippen LogP contribution in [0, 0.1) is 6.92 Å². The molecule has 5 nitrogen and oxygen atoms in total. The molecule has 0 radical (unpaired) electrons. The smallest absolute Gasteiger partial charge is 0.331 e. The lowest BCUT2D eigenvalue weighted by molar-refractivity contribution is -0.142. The van der Waals surface area contributed by atoms with Gasteiger partial charge in [-0.3, -0.25) is 4.79 Å². The van der Waals surface area contributed by atoms with Gasteiger partial charge in [-0.25, -0.2) is 4.79 Å². The van der Waals surface area contributed by atoms with Crippen LogP contribution >= 0.6 is 23.2 Å². The summed E-state index contributed by atoms with van der Waals surface area (Å²) in [5.74, 6) is -0.363. The number of hydrogen-bond donors (Lipinski definition) is 1. The number of halogens is 2. The van der Waals surface area contributed by atoms with E-state index in [2.05, 4.69) is 5.32 Å². The summed E-state index contributed by atoms with van der Waals surface area (Å²) in [5, 5.41) is 3.89. The molecule has 0 spiro atoms. The van der Waals surface area contributed by atoms with Crippen LogP contribution in [0.1, 0.15) is 16.7 Å². The maximum atomic E-state index is 12.0. The standard InChI is InChI=1S/C25H21Cl2NO4/c1-17-22(27)3-2-4-23(17)28-24(29)16-32-25(30)14-9-18-7-12-21(13-8-18)31-15-19-5-10-20(26)11-6-19/h2-14H,15-16H2,1H3,(H,28,29). The summed E-state index contributed by atoms with van der Waals surface area (Å²) in [6.07, 6.45) is 2.87. The van der Waals surface area contributed by atoms with Crippen LogP contribution in [-0.4, -0.2) is 18.5 Å². The van der Waals surface area contributed by atoms with Gasteiger partial charge in [0, 0.05) is 21.8 Å². The third kappa shape index (κ3) is 7.15. The zero-order valence-electron chi connectivity index (χ0n) is 17.3. The SMILES string of the molecule is Cc1c(Cl)cccc1NC(=O)COC(=O)C=Cc1ccc(OCc2ccc(Cl)cc2)cc1. The molecule has 0 aromatic heterocycles. The average molecular weight is 470 g/mol. The van der Waals surface area contributed by atoms with Gasteiger partial charge in [0.05, 0.1) is 0 Å². The minimum absolute atomic E-state index is 0.396. The Kier molecular flexibility index (Phi) is 8.31. The minimum Gasteiger partial charge on any atom is -0.489 e. The first-order valence-corrected chi connectivity index (χ1v) is 10.5. The molecule has 0 atom stereocenters. The Hall–Kier alpha value is -3.28. The van der Waals surface area contributed by atoms with Crippen LogP contribution in [0.2, 0.25) is 10.0 Å². The highest BCUT2D eigenvalue weighted by atomic mass is 35.5. The second-order valence-electron chi connectivity index (χ2n) is 6.89. The fourth-order valence-electron chi connectivity index (χ4n) is 2.70. The maximum absolute atomic E-state index is 12.0. The number of amides is 1. The van der Waals surface area contributed by atoms with Crippen molar-refractivity contribution in [2.45, 2.75) is 13.5 Å². The number of carbonyl (C=O) groups is 2. The highest BCUT2D eigenvalue weighted by molar-refractivity contribution is 6.31. The molecule has 3 aromatic rings. The Morgan fingerprint density at radius 3 is 2.41 bits per heavy atom. The lowest BCUT2D eigenvalue weighted by atomic mass is 10.2. The number of hydrogen-bond acceptors (Lipinski definition) is 4. The number of benzene rings is 3. The zero-order valence-corrected chi connectivity index (χ0v) is 18.8. The summed E-state index contributed by atoms with van der Waals surface area (Å²) in [7, 11) is 0. The molecule has 0 unspecified atom stereocenters. The molecule has 0 bridgehead atoms. The van der Waals surface area contributed by atoms with Crippen molar-refractivity contribution in [1.82, 2.24) is 0 Å². The summed E-state index contributed by atoms with van der Waals surface area (Å²) in [6.45, 7) is 1.82. The molecular weight excluding hydrogens is 449 g/mol. The van der Waals surface area contributed by atoms with Crippen molar-refractivity contribution < 1.29 is 19.1 Å². The Morgan fingerprint density at radius 1 is 0.969 bits per heavy atom. The summed E-state index contributed by atoms with van der Waals surface area (Å²) < 4.78 is 10.7. The lowest BCUT2D eigenvalue weighted by Crippen LogP contribution is -2.20. The van der Waals surface area contributed by atoms with E-state index in [9.17, 15) is 9.59 Å². The van der Waals surface area contributed by atoms with Crippen LogP contribution in [0.5, 0.6) is 5.75 Å². The maximum Gasteiger partial charge on any atom is 0.331 e. The molecule has 3 rings (SSSR count). The van der Waals surface area contributed by atoms with Gasteiger partial charge in [0.15, 0.2) is 6.61 Å². The molecule has 0 aliphatic rings. The fraction of sp³-hybridized carbons (Fsp3) is 0.120. The van der Waals surface area contributed by atoms with Crippen LogP contribution in [0.3, 0.4) is 0 Å². The predicted molar refractivity (Wildman–Crippen MR) is 127 cm³/mol. The average Bonchev–Trinajstić information content (AvgIpc) is 2.79. The van der Waals surface area contributed by atoms with Crippen molar-refractivity contribution in [3.05, 3.63) is 99.5 Å². The van der Waals surface area contributed by atoms with Crippen LogP contribution in [-0.2, 0) is 20.9 Å². The Morgan fingerprint density at radius 2 is 1.69 bits per heavy atom. The third-order valence-corrected chi connectivity index (χ3v) is 5.16. The van der Waals surface area contributed by atoms with Gasteiger partial charge in [-0.05, 0) is 66.1 Å². The predicted octanol–water partition coefficient (Wildman–Crippen LogP) is 6.08.